The van der Waals surface area contributed by atoms with Gasteiger partial charge in [0, 0.05) is 0 Å². The standard InChI is InChI=1S/C17H14FN3O5S3/c18-13-7-2-4-9-15(13)28(23,24)21-19-17(22)12-6-1-3-8-14(12)20-29(25,26)16-10-5-11-27-16/h1-11,20-21H,(H,19,22). The number of sulfonamides is 2. The fourth-order valence-electron chi connectivity index (χ4n) is 2.28. The maximum Gasteiger partial charge on any atom is 0.271 e. The summed E-state index contributed by atoms with van der Waals surface area (Å²) in [7, 11) is -8.29. The molecule has 2 aromatic carbocycles. The summed E-state index contributed by atoms with van der Waals surface area (Å²) >= 11 is 0.998. The number of thiophene rings is 1. The molecule has 3 rings (SSSR count). The normalized spacial score (nSPS) is 11.8. The SMILES string of the molecule is O=C(NNS(=O)(=O)c1ccccc1F)c1ccccc1NS(=O)(=O)c1cccs1. The molecule has 0 fully saturated rings. The number of benzene rings is 2. The monoisotopic (exact) mass is 455 g/mol. The van der Waals surface area contributed by atoms with E-state index in [0.717, 1.165) is 23.5 Å². The van der Waals surface area contributed by atoms with Crippen molar-refractivity contribution in [3.8, 4) is 0 Å². The van der Waals surface area contributed by atoms with Crippen molar-refractivity contribution in [1.29, 1.82) is 0 Å². The summed E-state index contributed by atoms with van der Waals surface area (Å²) in [6.45, 7) is 0. The van der Waals surface area contributed by atoms with Crippen molar-refractivity contribution in [2.45, 2.75) is 9.10 Å². The molecule has 12 heteroatoms. The van der Waals surface area contributed by atoms with Crippen molar-refractivity contribution in [1.82, 2.24) is 10.3 Å². The first-order valence-electron chi connectivity index (χ1n) is 7.93. The van der Waals surface area contributed by atoms with Crippen molar-refractivity contribution in [2.75, 3.05) is 4.72 Å². The zero-order valence-corrected chi connectivity index (χ0v) is 16.9. The molecule has 3 N–H and O–H groups in total. The van der Waals surface area contributed by atoms with Gasteiger partial charge in [0.2, 0.25) is 0 Å². The molecule has 1 heterocycles. The first-order valence-corrected chi connectivity index (χ1v) is 11.8. The number of hydrogen-bond acceptors (Lipinski definition) is 6. The predicted molar refractivity (Wildman–Crippen MR) is 106 cm³/mol. The van der Waals surface area contributed by atoms with Crippen LogP contribution in [0.2, 0.25) is 0 Å². The summed E-state index contributed by atoms with van der Waals surface area (Å²) in [4.78, 5) is 13.6. The molecule has 0 aliphatic carbocycles. The lowest BCUT2D eigenvalue weighted by atomic mass is 10.2. The number of carbonyl (C=O) groups is 1. The quantitative estimate of drug-likeness (QED) is 0.472. The molecule has 0 atom stereocenters. The van der Waals surface area contributed by atoms with Gasteiger partial charge in [0.25, 0.3) is 26.0 Å². The Labute approximate surface area is 170 Å². The summed E-state index contributed by atoms with van der Waals surface area (Å²) in [5.41, 5.74) is 1.76. The van der Waals surface area contributed by atoms with Crippen LogP contribution in [0.15, 0.2) is 75.1 Å². The van der Waals surface area contributed by atoms with Crippen LogP contribution in [-0.2, 0) is 20.0 Å². The molecule has 0 unspecified atom stereocenters. The van der Waals surface area contributed by atoms with E-state index in [1.807, 2.05) is 5.43 Å². The van der Waals surface area contributed by atoms with Gasteiger partial charge in [-0.25, -0.2) is 21.2 Å². The lowest BCUT2D eigenvalue weighted by molar-refractivity contribution is 0.0946. The van der Waals surface area contributed by atoms with E-state index in [4.69, 9.17) is 0 Å². The number of anilines is 1. The lowest BCUT2D eigenvalue weighted by Crippen LogP contribution is -2.42. The van der Waals surface area contributed by atoms with Gasteiger partial charge in [-0.1, -0.05) is 30.3 Å². The molecule has 0 aliphatic heterocycles. The number of amides is 1. The minimum Gasteiger partial charge on any atom is -0.278 e. The van der Waals surface area contributed by atoms with Crippen LogP contribution in [0.5, 0.6) is 0 Å². The molecule has 0 spiro atoms. The molecule has 1 aromatic heterocycles. The van der Waals surface area contributed by atoms with Gasteiger partial charge >= 0.3 is 0 Å². The molecular formula is C17H14FN3O5S3. The van der Waals surface area contributed by atoms with Crippen molar-refractivity contribution in [2.24, 2.45) is 0 Å². The van der Waals surface area contributed by atoms with Gasteiger partial charge in [-0.05, 0) is 35.7 Å². The maximum atomic E-state index is 13.7. The molecule has 0 aliphatic rings. The Bertz CT molecular complexity index is 1240. The number of hydrogen-bond donors (Lipinski definition) is 3. The molecule has 8 nitrogen and oxygen atoms in total. The van der Waals surface area contributed by atoms with Crippen molar-refractivity contribution >= 4 is 43.0 Å². The minimum absolute atomic E-state index is 0.0490. The van der Waals surface area contributed by atoms with Crippen LogP contribution >= 0.6 is 11.3 Å². The van der Waals surface area contributed by atoms with Gasteiger partial charge in [-0.2, -0.15) is 0 Å². The Balaban J connectivity index is 1.80. The van der Waals surface area contributed by atoms with E-state index < -0.39 is 36.7 Å². The van der Waals surface area contributed by atoms with E-state index in [2.05, 4.69) is 4.72 Å². The average molecular weight is 456 g/mol. The summed E-state index contributed by atoms with van der Waals surface area (Å²) in [5.74, 6) is -1.92. The number of carbonyl (C=O) groups excluding carboxylic acids is 1. The van der Waals surface area contributed by atoms with Crippen LogP contribution in [0.3, 0.4) is 0 Å². The second-order valence-corrected chi connectivity index (χ2v) is 10.1. The molecule has 0 radical (unpaired) electrons. The highest BCUT2D eigenvalue weighted by molar-refractivity contribution is 7.94. The Morgan fingerprint density at radius 3 is 2.24 bits per heavy atom. The number of halogens is 1. The Morgan fingerprint density at radius 2 is 1.55 bits per heavy atom. The second kappa shape index (κ2) is 8.29. The Hall–Kier alpha value is -2.80. The third kappa shape index (κ3) is 4.79. The van der Waals surface area contributed by atoms with Gasteiger partial charge < -0.3 is 0 Å². The van der Waals surface area contributed by atoms with Crippen LogP contribution < -0.4 is 15.0 Å². The summed E-state index contributed by atoms with van der Waals surface area (Å²) in [6.07, 6.45) is 0. The van der Waals surface area contributed by atoms with Crippen molar-refractivity contribution < 1.29 is 26.0 Å². The average Bonchev–Trinajstić information content (AvgIpc) is 3.22. The number of hydrazine groups is 1. The van der Waals surface area contributed by atoms with Gasteiger partial charge in [-0.3, -0.25) is 14.9 Å². The van der Waals surface area contributed by atoms with Crippen molar-refractivity contribution in [3.63, 3.8) is 0 Å². The van der Waals surface area contributed by atoms with Gasteiger partial charge in [0.1, 0.15) is 14.9 Å². The first kappa shape index (κ1) is 20.9. The zero-order valence-electron chi connectivity index (χ0n) is 14.5. The summed E-state index contributed by atoms with van der Waals surface area (Å²) in [5, 5.41) is 1.59. The lowest BCUT2D eigenvalue weighted by Gasteiger charge is -2.13. The third-order valence-corrected chi connectivity index (χ3v) is 7.64. The van der Waals surface area contributed by atoms with E-state index in [9.17, 15) is 26.0 Å². The molecule has 152 valence electrons. The highest BCUT2D eigenvalue weighted by atomic mass is 32.2. The summed E-state index contributed by atoms with van der Waals surface area (Å²) < 4.78 is 65.2. The zero-order chi connectivity index (χ0) is 21.1. The van der Waals surface area contributed by atoms with E-state index >= 15 is 0 Å². The fraction of sp³-hybridized carbons (Fsp3) is 0. The van der Waals surface area contributed by atoms with Crippen molar-refractivity contribution in [3.05, 3.63) is 77.4 Å². The van der Waals surface area contributed by atoms with Crippen LogP contribution in [0, 0.1) is 5.82 Å². The molecule has 0 saturated carbocycles. The van der Waals surface area contributed by atoms with Crippen LogP contribution in [0.25, 0.3) is 0 Å². The first-order chi connectivity index (χ1) is 13.7. The van der Waals surface area contributed by atoms with E-state index in [1.165, 1.54) is 42.5 Å². The molecule has 29 heavy (non-hydrogen) atoms. The Kier molecular flexibility index (Phi) is 5.98. The smallest absolute Gasteiger partial charge is 0.271 e. The highest BCUT2D eigenvalue weighted by Crippen LogP contribution is 2.23. The van der Waals surface area contributed by atoms with Crippen LogP contribution in [0.1, 0.15) is 10.4 Å². The minimum atomic E-state index is -4.37. The third-order valence-electron chi connectivity index (χ3n) is 3.60. The van der Waals surface area contributed by atoms with Crippen LogP contribution in [-0.4, -0.2) is 22.7 Å². The fourth-order valence-corrected chi connectivity index (χ4v) is 5.27. The number of rotatable bonds is 7. The number of para-hydroxylation sites is 1. The molecule has 1 amide bonds. The molecular weight excluding hydrogens is 441 g/mol. The Morgan fingerprint density at radius 1 is 0.862 bits per heavy atom. The molecule has 3 aromatic rings. The van der Waals surface area contributed by atoms with Crippen LogP contribution in [0.4, 0.5) is 10.1 Å². The second-order valence-electron chi connectivity index (χ2n) is 5.57. The van der Waals surface area contributed by atoms with Gasteiger partial charge in [0.15, 0.2) is 0 Å². The van der Waals surface area contributed by atoms with Gasteiger partial charge in [0.05, 0.1) is 11.3 Å². The van der Waals surface area contributed by atoms with E-state index in [-0.39, 0.29) is 15.5 Å². The van der Waals surface area contributed by atoms with Gasteiger partial charge in [-0.15, -0.1) is 16.2 Å². The largest absolute Gasteiger partial charge is 0.278 e. The predicted octanol–water partition coefficient (Wildman–Crippen LogP) is 2.31. The highest BCUT2D eigenvalue weighted by Gasteiger charge is 2.22. The maximum absolute atomic E-state index is 13.7. The summed E-state index contributed by atoms with van der Waals surface area (Å²) in [6, 6.07) is 13.3. The number of nitrogens with one attached hydrogen (secondary N) is 3. The molecule has 0 bridgehead atoms. The molecule has 0 saturated heterocycles. The van der Waals surface area contributed by atoms with E-state index in [1.54, 1.807) is 16.3 Å². The van der Waals surface area contributed by atoms with E-state index in [0.29, 0.717) is 0 Å². The topological polar surface area (TPSA) is 121 Å².